The van der Waals surface area contributed by atoms with E-state index in [4.69, 9.17) is 0 Å². The second kappa shape index (κ2) is 7.60. The summed E-state index contributed by atoms with van der Waals surface area (Å²) in [6.07, 6.45) is 4.50. The lowest BCUT2D eigenvalue weighted by Crippen LogP contribution is -3.00. The van der Waals surface area contributed by atoms with Crippen molar-refractivity contribution in [3.63, 3.8) is 0 Å². The Morgan fingerprint density at radius 2 is 1.61 bits per heavy atom. The molecule has 0 spiro atoms. The highest BCUT2D eigenvalue weighted by atomic mass is 35.5. The van der Waals surface area contributed by atoms with Crippen LogP contribution >= 0.6 is 0 Å². The number of benzene rings is 1. The Hall–Kier alpha value is -0.790. The molecule has 1 unspecified atom stereocenters. The van der Waals surface area contributed by atoms with Gasteiger partial charge < -0.3 is 16.9 Å². The van der Waals surface area contributed by atoms with Crippen molar-refractivity contribution in [2.75, 3.05) is 20.1 Å². The summed E-state index contributed by atoms with van der Waals surface area (Å²) in [6, 6.07) is 9.42. The lowest BCUT2D eigenvalue weighted by Gasteiger charge is -2.39. The SMILES string of the molecule is CC=CC(c1ccc(C)cc1)[N+](C)(CC)CC.[Cl-]. The first-order valence-corrected chi connectivity index (χ1v) is 6.61. The number of hydrogen-bond donors (Lipinski definition) is 0. The van der Waals surface area contributed by atoms with Crippen LogP contribution in [0.3, 0.4) is 0 Å². The van der Waals surface area contributed by atoms with Gasteiger partial charge in [-0.15, -0.1) is 0 Å². The minimum absolute atomic E-state index is 0. The predicted octanol–water partition coefficient (Wildman–Crippen LogP) is 1.10. The molecule has 0 aliphatic heterocycles. The van der Waals surface area contributed by atoms with E-state index in [0.717, 1.165) is 17.6 Å². The van der Waals surface area contributed by atoms with Gasteiger partial charge in [0.1, 0.15) is 6.04 Å². The normalized spacial score (nSPS) is 13.4. The summed E-state index contributed by atoms with van der Waals surface area (Å²) < 4.78 is 1.06. The highest BCUT2D eigenvalue weighted by Crippen LogP contribution is 2.28. The monoisotopic (exact) mass is 267 g/mol. The van der Waals surface area contributed by atoms with Crippen molar-refractivity contribution in [1.29, 1.82) is 0 Å². The molecule has 1 aromatic rings. The van der Waals surface area contributed by atoms with Crippen molar-refractivity contribution in [2.24, 2.45) is 0 Å². The Balaban J connectivity index is 0.00000289. The van der Waals surface area contributed by atoms with E-state index in [2.05, 4.69) is 71.2 Å². The fraction of sp³-hybridized carbons (Fsp3) is 0.500. The third-order valence-corrected chi connectivity index (χ3v) is 3.91. The maximum absolute atomic E-state index is 2.34. The molecule has 0 saturated heterocycles. The molecule has 0 aliphatic rings. The number of rotatable bonds is 5. The Labute approximate surface area is 119 Å². The van der Waals surface area contributed by atoms with Crippen LogP contribution in [0.15, 0.2) is 36.4 Å². The van der Waals surface area contributed by atoms with Gasteiger partial charge in [0.15, 0.2) is 0 Å². The molecule has 2 heteroatoms. The lowest BCUT2D eigenvalue weighted by atomic mass is 10.0. The van der Waals surface area contributed by atoms with Gasteiger partial charge in [-0.25, -0.2) is 0 Å². The van der Waals surface area contributed by atoms with Crippen LogP contribution < -0.4 is 12.4 Å². The summed E-state index contributed by atoms with van der Waals surface area (Å²) >= 11 is 0. The highest BCUT2D eigenvalue weighted by molar-refractivity contribution is 5.25. The standard InChI is InChI=1S/C16H26N.ClH/c1-6-9-16(17(5,7-2)8-3)15-12-10-14(4)11-13-15;/h6,9-13,16H,7-8H2,1-5H3;1H/q+1;/p-1. The average molecular weight is 268 g/mol. The molecule has 1 aromatic carbocycles. The zero-order valence-electron chi connectivity index (χ0n) is 12.3. The molecule has 0 heterocycles. The number of likely N-dealkylation sites (N-methyl/N-ethyl adjacent to an activating group) is 1. The molecule has 0 N–H and O–H groups in total. The number of quaternary nitrogens is 1. The first-order valence-electron chi connectivity index (χ1n) is 6.61. The van der Waals surface area contributed by atoms with Crippen LogP contribution in [0.1, 0.15) is 37.9 Å². The van der Waals surface area contributed by atoms with E-state index < -0.39 is 0 Å². The number of aryl methyl sites for hydroxylation is 1. The molecule has 1 rings (SSSR count). The molecule has 0 amide bonds. The third kappa shape index (κ3) is 3.86. The summed E-state index contributed by atoms with van der Waals surface area (Å²) in [7, 11) is 2.34. The Morgan fingerprint density at radius 1 is 1.11 bits per heavy atom. The predicted molar refractivity (Wildman–Crippen MR) is 76.0 cm³/mol. The lowest BCUT2D eigenvalue weighted by molar-refractivity contribution is -0.929. The van der Waals surface area contributed by atoms with E-state index in [1.54, 1.807) is 0 Å². The largest absolute Gasteiger partial charge is 1.00 e. The quantitative estimate of drug-likeness (QED) is 0.554. The van der Waals surface area contributed by atoms with Crippen LogP contribution in [0.4, 0.5) is 0 Å². The number of allylic oxidation sites excluding steroid dienone is 1. The summed E-state index contributed by atoms with van der Waals surface area (Å²) in [5.74, 6) is 0. The minimum Gasteiger partial charge on any atom is -1.00 e. The van der Waals surface area contributed by atoms with Gasteiger partial charge in [0.2, 0.25) is 0 Å². The summed E-state index contributed by atoms with van der Waals surface area (Å²) in [5.41, 5.74) is 2.75. The van der Waals surface area contributed by atoms with Gasteiger partial charge in [0.25, 0.3) is 0 Å². The van der Waals surface area contributed by atoms with Crippen molar-refractivity contribution in [2.45, 2.75) is 33.7 Å². The molecule has 0 aliphatic carbocycles. The fourth-order valence-electron chi connectivity index (χ4n) is 2.24. The Kier molecular flexibility index (Phi) is 7.27. The number of nitrogens with zero attached hydrogens (tertiary/aromatic N) is 1. The van der Waals surface area contributed by atoms with Crippen molar-refractivity contribution in [1.82, 2.24) is 0 Å². The molecule has 0 radical (unpaired) electrons. The number of hydrogen-bond acceptors (Lipinski definition) is 0. The highest BCUT2D eigenvalue weighted by Gasteiger charge is 2.28. The molecule has 0 saturated carbocycles. The van der Waals surface area contributed by atoms with Gasteiger partial charge in [0.05, 0.1) is 20.1 Å². The van der Waals surface area contributed by atoms with E-state index in [1.165, 1.54) is 11.1 Å². The second-order valence-electron chi connectivity index (χ2n) is 4.99. The second-order valence-corrected chi connectivity index (χ2v) is 4.99. The van der Waals surface area contributed by atoms with Crippen LogP contribution in [0.25, 0.3) is 0 Å². The van der Waals surface area contributed by atoms with Gasteiger partial charge in [-0.05, 0) is 33.8 Å². The first kappa shape index (κ1) is 17.2. The molecule has 0 fully saturated rings. The minimum atomic E-state index is 0. The Bertz CT molecular complexity index is 363. The van der Waals surface area contributed by atoms with Crippen molar-refractivity contribution in [3.8, 4) is 0 Å². The van der Waals surface area contributed by atoms with Gasteiger partial charge in [-0.2, -0.15) is 0 Å². The summed E-state index contributed by atoms with van der Waals surface area (Å²) in [5, 5.41) is 0. The van der Waals surface area contributed by atoms with Crippen LogP contribution in [0.2, 0.25) is 0 Å². The van der Waals surface area contributed by atoms with Gasteiger partial charge in [0, 0.05) is 5.56 Å². The van der Waals surface area contributed by atoms with E-state index in [-0.39, 0.29) is 12.4 Å². The average Bonchev–Trinajstić information content (AvgIpc) is 2.36. The molecular weight excluding hydrogens is 242 g/mol. The van der Waals surface area contributed by atoms with Gasteiger partial charge in [-0.3, -0.25) is 0 Å². The fourth-order valence-corrected chi connectivity index (χ4v) is 2.24. The molecule has 102 valence electrons. The molecule has 0 bridgehead atoms. The topological polar surface area (TPSA) is 0 Å². The third-order valence-electron chi connectivity index (χ3n) is 3.91. The zero-order chi connectivity index (χ0) is 12.9. The van der Waals surface area contributed by atoms with E-state index in [1.807, 2.05) is 0 Å². The first-order chi connectivity index (χ1) is 8.07. The van der Waals surface area contributed by atoms with Crippen LogP contribution in [0, 0.1) is 6.92 Å². The van der Waals surface area contributed by atoms with E-state index in [9.17, 15) is 0 Å². The maximum atomic E-state index is 2.34. The van der Waals surface area contributed by atoms with E-state index in [0.29, 0.717) is 6.04 Å². The molecule has 1 nitrogen and oxygen atoms in total. The number of halogens is 1. The van der Waals surface area contributed by atoms with Gasteiger partial charge >= 0.3 is 0 Å². The van der Waals surface area contributed by atoms with Crippen LogP contribution in [-0.2, 0) is 0 Å². The maximum Gasteiger partial charge on any atom is 0.133 e. The molecule has 0 aromatic heterocycles. The van der Waals surface area contributed by atoms with Crippen LogP contribution in [0.5, 0.6) is 0 Å². The van der Waals surface area contributed by atoms with Crippen molar-refractivity contribution >= 4 is 0 Å². The smallest absolute Gasteiger partial charge is 0.133 e. The van der Waals surface area contributed by atoms with Crippen molar-refractivity contribution < 1.29 is 16.9 Å². The summed E-state index contributed by atoms with van der Waals surface area (Å²) in [4.78, 5) is 0. The molecule has 1 atom stereocenters. The molecule has 18 heavy (non-hydrogen) atoms. The van der Waals surface area contributed by atoms with Crippen LogP contribution in [-0.4, -0.2) is 24.6 Å². The summed E-state index contributed by atoms with van der Waals surface area (Å²) in [6.45, 7) is 11.1. The zero-order valence-corrected chi connectivity index (χ0v) is 13.0. The Morgan fingerprint density at radius 3 is 2.00 bits per heavy atom. The van der Waals surface area contributed by atoms with E-state index >= 15 is 0 Å². The molecular formula is C16H26ClN. The van der Waals surface area contributed by atoms with Crippen molar-refractivity contribution in [3.05, 3.63) is 47.5 Å². The van der Waals surface area contributed by atoms with Gasteiger partial charge in [-0.1, -0.05) is 35.9 Å².